The topological polar surface area (TPSA) is 59.1 Å². The molecule has 0 aliphatic carbocycles. The third-order valence-electron chi connectivity index (χ3n) is 4.15. The van der Waals surface area contributed by atoms with Crippen molar-refractivity contribution in [1.29, 1.82) is 0 Å². The number of nitrogens with zero attached hydrogens (tertiary/aromatic N) is 2. The molecule has 1 atom stereocenters. The van der Waals surface area contributed by atoms with Gasteiger partial charge >= 0.3 is 0 Å². The Morgan fingerprint density at radius 1 is 1.04 bits per heavy atom. The number of hydrogen-bond donors (Lipinski definition) is 2. The molecule has 134 valence electrons. The van der Waals surface area contributed by atoms with Crippen LogP contribution < -0.4 is 15.4 Å². The van der Waals surface area contributed by atoms with Crippen molar-refractivity contribution in [3.05, 3.63) is 78.0 Å². The Balaban J connectivity index is 1.55. The van der Waals surface area contributed by atoms with Gasteiger partial charge in [-0.25, -0.2) is 4.98 Å². The molecular weight excluding hydrogens is 324 g/mol. The number of anilines is 2. The summed E-state index contributed by atoms with van der Waals surface area (Å²) in [6.07, 6.45) is 2.64. The number of ether oxygens (including phenoxy) is 1. The number of hydrogen-bond acceptors (Lipinski definition) is 5. The predicted molar refractivity (Wildman–Crippen MR) is 106 cm³/mol. The molecule has 0 spiro atoms. The standard InChI is InChI=1S/C21H24N4O/c1-16(18-8-4-3-5-9-18)24-20-12-14-23-21(25-20)22-13-11-17-7-6-10-19(15-17)26-2/h3-10,12,14-16H,11,13H2,1-2H3,(H2,22,23,24,25). The molecule has 0 aliphatic heterocycles. The van der Waals surface area contributed by atoms with Gasteiger partial charge in [0.05, 0.1) is 7.11 Å². The van der Waals surface area contributed by atoms with Gasteiger partial charge in [-0.15, -0.1) is 0 Å². The summed E-state index contributed by atoms with van der Waals surface area (Å²) in [5, 5.41) is 6.70. The molecule has 26 heavy (non-hydrogen) atoms. The summed E-state index contributed by atoms with van der Waals surface area (Å²) in [5.74, 6) is 2.30. The van der Waals surface area contributed by atoms with Crippen LogP contribution >= 0.6 is 0 Å². The lowest BCUT2D eigenvalue weighted by Crippen LogP contribution is -2.11. The van der Waals surface area contributed by atoms with E-state index in [1.165, 1.54) is 11.1 Å². The van der Waals surface area contributed by atoms with Crippen molar-refractivity contribution in [3.63, 3.8) is 0 Å². The van der Waals surface area contributed by atoms with Crippen LogP contribution in [0.5, 0.6) is 5.75 Å². The van der Waals surface area contributed by atoms with Gasteiger partial charge in [0.2, 0.25) is 5.95 Å². The van der Waals surface area contributed by atoms with E-state index in [1.807, 2.05) is 42.5 Å². The smallest absolute Gasteiger partial charge is 0.224 e. The van der Waals surface area contributed by atoms with E-state index in [4.69, 9.17) is 4.74 Å². The molecule has 0 amide bonds. The summed E-state index contributed by atoms with van der Waals surface area (Å²) in [7, 11) is 1.68. The molecule has 0 fully saturated rings. The fourth-order valence-corrected chi connectivity index (χ4v) is 2.72. The van der Waals surface area contributed by atoms with E-state index in [0.717, 1.165) is 24.5 Å². The quantitative estimate of drug-likeness (QED) is 0.635. The third-order valence-corrected chi connectivity index (χ3v) is 4.15. The summed E-state index contributed by atoms with van der Waals surface area (Å²) in [4.78, 5) is 8.84. The van der Waals surface area contributed by atoms with Gasteiger partial charge < -0.3 is 15.4 Å². The highest BCUT2D eigenvalue weighted by Gasteiger charge is 2.06. The van der Waals surface area contributed by atoms with E-state index in [1.54, 1.807) is 13.3 Å². The Labute approximate surface area is 154 Å². The SMILES string of the molecule is COc1cccc(CCNc2nccc(NC(C)c3ccccc3)n2)c1. The molecule has 5 heteroatoms. The van der Waals surface area contributed by atoms with Crippen molar-refractivity contribution >= 4 is 11.8 Å². The van der Waals surface area contributed by atoms with Gasteiger partial charge in [-0.05, 0) is 42.7 Å². The highest BCUT2D eigenvalue weighted by molar-refractivity contribution is 5.42. The summed E-state index contributed by atoms with van der Waals surface area (Å²) >= 11 is 0. The Morgan fingerprint density at radius 3 is 2.69 bits per heavy atom. The minimum Gasteiger partial charge on any atom is -0.497 e. The molecule has 1 unspecified atom stereocenters. The second-order valence-corrected chi connectivity index (χ2v) is 6.07. The number of rotatable bonds is 8. The average molecular weight is 348 g/mol. The average Bonchev–Trinajstić information content (AvgIpc) is 2.69. The van der Waals surface area contributed by atoms with Crippen LogP contribution in [0.15, 0.2) is 66.9 Å². The largest absolute Gasteiger partial charge is 0.497 e. The van der Waals surface area contributed by atoms with Gasteiger partial charge in [-0.3, -0.25) is 0 Å². The normalized spacial score (nSPS) is 11.6. The lowest BCUT2D eigenvalue weighted by Gasteiger charge is -2.15. The molecule has 5 nitrogen and oxygen atoms in total. The maximum Gasteiger partial charge on any atom is 0.224 e. The Bertz CT molecular complexity index is 823. The minimum atomic E-state index is 0.177. The van der Waals surface area contributed by atoms with E-state index in [9.17, 15) is 0 Å². The molecule has 2 aromatic carbocycles. The Hall–Kier alpha value is -3.08. The van der Waals surface area contributed by atoms with Crippen LogP contribution in [0.2, 0.25) is 0 Å². The first-order chi connectivity index (χ1) is 12.7. The maximum atomic E-state index is 5.26. The van der Waals surface area contributed by atoms with Crippen molar-refractivity contribution in [2.24, 2.45) is 0 Å². The van der Waals surface area contributed by atoms with Crippen molar-refractivity contribution in [2.75, 3.05) is 24.3 Å². The van der Waals surface area contributed by atoms with Crippen molar-refractivity contribution in [2.45, 2.75) is 19.4 Å². The summed E-state index contributed by atoms with van der Waals surface area (Å²) in [6.45, 7) is 2.87. The zero-order valence-electron chi connectivity index (χ0n) is 15.1. The molecule has 2 N–H and O–H groups in total. The lowest BCUT2D eigenvalue weighted by atomic mass is 10.1. The van der Waals surface area contributed by atoms with E-state index in [-0.39, 0.29) is 6.04 Å². The summed E-state index contributed by atoms with van der Waals surface area (Å²) in [5.41, 5.74) is 2.43. The third kappa shape index (κ3) is 4.96. The number of nitrogens with one attached hydrogen (secondary N) is 2. The summed E-state index contributed by atoms with van der Waals surface area (Å²) in [6, 6.07) is 20.4. The monoisotopic (exact) mass is 348 g/mol. The highest BCUT2D eigenvalue weighted by Crippen LogP contribution is 2.18. The first-order valence-electron chi connectivity index (χ1n) is 8.76. The molecule has 3 rings (SSSR count). The van der Waals surface area contributed by atoms with Crippen LogP contribution in [-0.2, 0) is 6.42 Å². The van der Waals surface area contributed by atoms with Crippen LogP contribution in [0.3, 0.4) is 0 Å². The highest BCUT2D eigenvalue weighted by atomic mass is 16.5. The van der Waals surface area contributed by atoms with E-state index in [0.29, 0.717) is 5.95 Å². The minimum absolute atomic E-state index is 0.177. The van der Waals surface area contributed by atoms with Crippen molar-refractivity contribution in [3.8, 4) is 5.75 Å². The van der Waals surface area contributed by atoms with Crippen LogP contribution in [0.1, 0.15) is 24.1 Å². The van der Waals surface area contributed by atoms with Gasteiger partial charge in [-0.2, -0.15) is 4.98 Å². The summed E-state index contributed by atoms with van der Waals surface area (Å²) < 4.78 is 5.26. The Morgan fingerprint density at radius 2 is 1.88 bits per heavy atom. The second kappa shape index (κ2) is 8.85. The van der Waals surface area contributed by atoms with Crippen molar-refractivity contribution in [1.82, 2.24) is 9.97 Å². The first kappa shape index (κ1) is 17.7. The number of aromatic nitrogens is 2. The molecule has 0 saturated carbocycles. The van der Waals surface area contributed by atoms with Crippen LogP contribution in [0.4, 0.5) is 11.8 Å². The Kier molecular flexibility index (Phi) is 6.04. The molecule has 1 heterocycles. The van der Waals surface area contributed by atoms with Crippen LogP contribution in [0, 0.1) is 0 Å². The fraction of sp³-hybridized carbons (Fsp3) is 0.238. The van der Waals surface area contributed by atoms with E-state index in [2.05, 4.69) is 45.7 Å². The predicted octanol–water partition coefficient (Wildman–Crippen LogP) is 4.31. The maximum absolute atomic E-state index is 5.26. The zero-order chi connectivity index (χ0) is 18.2. The van der Waals surface area contributed by atoms with E-state index < -0.39 is 0 Å². The van der Waals surface area contributed by atoms with Gasteiger partial charge in [0.15, 0.2) is 0 Å². The zero-order valence-corrected chi connectivity index (χ0v) is 15.1. The van der Waals surface area contributed by atoms with Gasteiger partial charge in [0.25, 0.3) is 0 Å². The van der Waals surface area contributed by atoms with Crippen molar-refractivity contribution < 1.29 is 4.74 Å². The van der Waals surface area contributed by atoms with Gasteiger partial charge in [0, 0.05) is 18.8 Å². The fourth-order valence-electron chi connectivity index (χ4n) is 2.72. The second-order valence-electron chi connectivity index (χ2n) is 6.07. The van der Waals surface area contributed by atoms with Crippen LogP contribution in [-0.4, -0.2) is 23.6 Å². The van der Waals surface area contributed by atoms with Gasteiger partial charge in [0.1, 0.15) is 11.6 Å². The van der Waals surface area contributed by atoms with Gasteiger partial charge in [-0.1, -0.05) is 42.5 Å². The molecule has 0 aliphatic rings. The molecule has 0 saturated heterocycles. The number of methoxy groups -OCH3 is 1. The molecule has 0 bridgehead atoms. The number of benzene rings is 2. The van der Waals surface area contributed by atoms with Crippen LogP contribution in [0.25, 0.3) is 0 Å². The molecular formula is C21H24N4O. The first-order valence-corrected chi connectivity index (χ1v) is 8.76. The molecule has 1 aromatic heterocycles. The molecule has 0 radical (unpaired) electrons. The lowest BCUT2D eigenvalue weighted by molar-refractivity contribution is 0.414. The van der Waals surface area contributed by atoms with E-state index >= 15 is 0 Å². The molecule has 3 aromatic rings.